The molecule has 3 rings (SSSR count). The first-order valence-corrected chi connectivity index (χ1v) is 9.84. The maximum Gasteiger partial charge on any atom is 0.307 e. The summed E-state index contributed by atoms with van der Waals surface area (Å²) in [6.45, 7) is 6.18. The van der Waals surface area contributed by atoms with Gasteiger partial charge in [-0.15, -0.1) is 0 Å². The SMILES string of the molecule is Cc1ccc(C)c(C(=O)CCC(=O)OC(C)C(=O)Nc2ccc3c(c2)OCCO3)c1. The predicted molar refractivity (Wildman–Crippen MR) is 111 cm³/mol. The second kappa shape index (κ2) is 9.43. The third-order valence-electron chi connectivity index (χ3n) is 4.74. The number of rotatable bonds is 7. The Morgan fingerprint density at radius 1 is 1.00 bits per heavy atom. The number of benzene rings is 2. The highest BCUT2D eigenvalue weighted by molar-refractivity contribution is 5.99. The van der Waals surface area contributed by atoms with Crippen LogP contribution in [0.1, 0.15) is 41.3 Å². The Kier molecular flexibility index (Phi) is 6.72. The van der Waals surface area contributed by atoms with Gasteiger partial charge in [0.25, 0.3) is 5.91 Å². The molecule has 2 aromatic carbocycles. The zero-order valence-corrected chi connectivity index (χ0v) is 17.3. The topological polar surface area (TPSA) is 90.9 Å². The number of hydrogen-bond donors (Lipinski definition) is 1. The van der Waals surface area contributed by atoms with Crippen LogP contribution in [-0.4, -0.2) is 37.0 Å². The van der Waals surface area contributed by atoms with Crippen molar-refractivity contribution in [3.05, 3.63) is 53.1 Å². The van der Waals surface area contributed by atoms with Crippen LogP contribution in [0.4, 0.5) is 5.69 Å². The average Bonchev–Trinajstić information content (AvgIpc) is 2.73. The summed E-state index contributed by atoms with van der Waals surface area (Å²) in [7, 11) is 0. The van der Waals surface area contributed by atoms with Crippen LogP contribution in [0.3, 0.4) is 0 Å². The maximum absolute atomic E-state index is 12.4. The van der Waals surface area contributed by atoms with E-state index in [0.717, 1.165) is 11.1 Å². The maximum atomic E-state index is 12.4. The summed E-state index contributed by atoms with van der Waals surface area (Å²) in [4.78, 5) is 36.8. The largest absolute Gasteiger partial charge is 0.486 e. The zero-order chi connectivity index (χ0) is 21.7. The van der Waals surface area contributed by atoms with Gasteiger partial charge in [0, 0.05) is 23.7 Å². The first kappa shape index (κ1) is 21.4. The van der Waals surface area contributed by atoms with E-state index in [1.165, 1.54) is 6.92 Å². The minimum absolute atomic E-state index is 0.0274. The number of amides is 1. The van der Waals surface area contributed by atoms with Crippen LogP contribution >= 0.6 is 0 Å². The molecule has 1 aliphatic rings. The summed E-state index contributed by atoms with van der Waals surface area (Å²) in [5.41, 5.74) is 2.96. The van der Waals surface area contributed by atoms with Crippen LogP contribution in [-0.2, 0) is 14.3 Å². The Labute approximate surface area is 175 Å². The molecular formula is C23H25NO6. The van der Waals surface area contributed by atoms with Crippen molar-refractivity contribution in [1.29, 1.82) is 0 Å². The van der Waals surface area contributed by atoms with Crippen LogP contribution in [0.5, 0.6) is 11.5 Å². The molecule has 0 saturated heterocycles. The monoisotopic (exact) mass is 411 g/mol. The van der Waals surface area contributed by atoms with Crippen LogP contribution < -0.4 is 14.8 Å². The van der Waals surface area contributed by atoms with Crippen molar-refractivity contribution in [3.63, 3.8) is 0 Å². The van der Waals surface area contributed by atoms with Gasteiger partial charge < -0.3 is 19.5 Å². The number of carbonyl (C=O) groups is 3. The Bertz CT molecular complexity index is 968. The molecule has 0 aliphatic carbocycles. The fourth-order valence-corrected chi connectivity index (χ4v) is 3.06. The van der Waals surface area contributed by atoms with Gasteiger partial charge in [-0.3, -0.25) is 14.4 Å². The molecule has 30 heavy (non-hydrogen) atoms. The minimum Gasteiger partial charge on any atom is -0.486 e. The third-order valence-corrected chi connectivity index (χ3v) is 4.74. The van der Waals surface area contributed by atoms with Crippen LogP contribution in [0.2, 0.25) is 0 Å². The number of nitrogens with one attached hydrogen (secondary N) is 1. The minimum atomic E-state index is -0.999. The van der Waals surface area contributed by atoms with E-state index in [1.54, 1.807) is 18.2 Å². The molecule has 1 N–H and O–H groups in total. The van der Waals surface area contributed by atoms with Gasteiger partial charge in [0.2, 0.25) is 0 Å². The van der Waals surface area contributed by atoms with E-state index >= 15 is 0 Å². The van der Waals surface area contributed by atoms with Crippen molar-refractivity contribution >= 4 is 23.3 Å². The lowest BCUT2D eigenvalue weighted by Crippen LogP contribution is -2.30. The number of Topliss-reactive ketones (excluding diaryl/α,β-unsaturated/α-hetero) is 1. The molecule has 0 saturated carbocycles. The number of ether oxygens (including phenoxy) is 3. The number of aryl methyl sites for hydroxylation is 2. The molecule has 1 amide bonds. The second-order valence-electron chi connectivity index (χ2n) is 7.22. The molecule has 0 radical (unpaired) electrons. The molecule has 7 nitrogen and oxygen atoms in total. The van der Waals surface area contributed by atoms with E-state index in [9.17, 15) is 14.4 Å². The zero-order valence-electron chi connectivity index (χ0n) is 17.3. The van der Waals surface area contributed by atoms with Gasteiger partial charge in [-0.05, 0) is 44.5 Å². The predicted octanol–water partition coefficient (Wildman–Crippen LogP) is 3.61. The number of fused-ring (bicyclic) bond motifs is 1. The van der Waals surface area contributed by atoms with Gasteiger partial charge in [0.05, 0.1) is 6.42 Å². The summed E-state index contributed by atoms with van der Waals surface area (Å²) < 4.78 is 16.1. The molecule has 1 unspecified atom stereocenters. The van der Waals surface area contributed by atoms with Crippen molar-refractivity contribution in [2.24, 2.45) is 0 Å². The fourth-order valence-electron chi connectivity index (χ4n) is 3.06. The molecule has 0 spiro atoms. The van der Waals surface area contributed by atoms with E-state index in [0.29, 0.717) is 36.0 Å². The van der Waals surface area contributed by atoms with Gasteiger partial charge in [0.15, 0.2) is 23.4 Å². The lowest BCUT2D eigenvalue weighted by Gasteiger charge is -2.19. The van der Waals surface area contributed by atoms with E-state index in [1.807, 2.05) is 32.0 Å². The molecule has 0 fully saturated rings. The summed E-state index contributed by atoms with van der Waals surface area (Å²) >= 11 is 0. The second-order valence-corrected chi connectivity index (χ2v) is 7.22. The fraction of sp³-hybridized carbons (Fsp3) is 0.348. The molecule has 158 valence electrons. The Hall–Kier alpha value is -3.35. The van der Waals surface area contributed by atoms with Gasteiger partial charge >= 0.3 is 5.97 Å². The van der Waals surface area contributed by atoms with Crippen molar-refractivity contribution in [3.8, 4) is 11.5 Å². The smallest absolute Gasteiger partial charge is 0.307 e. The standard InChI is InChI=1S/C23H25NO6/c1-14-4-5-15(2)18(12-14)19(25)7-9-22(26)30-16(3)23(27)24-17-6-8-20-21(13-17)29-11-10-28-20/h4-6,8,12-13,16H,7,9-11H2,1-3H3,(H,24,27). The van der Waals surface area contributed by atoms with E-state index in [4.69, 9.17) is 14.2 Å². The molecule has 7 heteroatoms. The molecule has 1 atom stereocenters. The Morgan fingerprint density at radius 3 is 2.50 bits per heavy atom. The average molecular weight is 411 g/mol. The van der Waals surface area contributed by atoms with Gasteiger partial charge in [-0.25, -0.2) is 0 Å². The molecule has 1 heterocycles. The summed E-state index contributed by atoms with van der Waals surface area (Å²) in [5.74, 6) is -0.0261. The molecule has 1 aliphatic heterocycles. The van der Waals surface area contributed by atoms with Crippen LogP contribution in [0.15, 0.2) is 36.4 Å². The van der Waals surface area contributed by atoms with Gasteiger partial charge in [0.1, 0.15) is 13.2 Å². The van der Waals surface area contributed by atoms with Crippen molar-refractivity contribution < 1.29 is 28.6 Å². The highest BCUT2D eigenvalue weighted by Crippen LogP contribution is 2.32. The van der Waals surface area contributed by atoms with Crippen molar-refractivity contribution in [1.82, 2.24) is 0 Å². The first-order valence-electron chi connectivity index (χ1n) is 9.84. The number of carbonyl (C=O) groups excluding carboxylic acids is 3. The van der Waals surface area contributed by atoms with Gasteiger partial charge in [-0.2, -0.15) is 0 Å². The lowest BCUT2D eigenvalue weighted by atomic mass is 9.99. The van der Waals surface area contributed by atoms with E-state index in [-0.39, 0.29) is 18.6 Å². The lowest BCUT2D eigenvalue weighted by molar-refractivity contribution is -0.153. The van der Waals surface area contributed by atoms with Crippen molar-refractivity contribution in [2.75, 3.05) is 18.5 Å². The normalized spacial score (nSPS) is 13.3. The Balaban J connectivity index is 1.49. The van der Waals surface area contributed by atoms with E-state index in [2.05, 4.69) is 5.32 Å². The molecular weight excluding hydrogens is 386 g/mol. The third kappa shape index (κ3) is 5.37. The summed E-state index contributed by atoms with van der Waals surface area (Å²) in [6, 6.07) is 10.7. The van der Waals surface area contributed by atoms with Crippen LogP contribution in [0.25, 0.3) is 0 Å². The van der Waals surface area contributed by atoms with E-state index < -0.39 is 18.0 Å². The summed E-state index contributed by atoms with van der Waals surface area (Å²) in [6.07, 6.45) is -1.06. The molecule has 2 aromatic rings. The van der Waals surface area contributed by atoms with Gasteiger partial charge in [-0.1, -0.05) is 17.7 Å². The number of hydrogen-bond acceptors (Lipinski definition) is 6. The highest BCUT2D eigenvalue weighted by atomic mass is 16.6. The molecule has 0 bridgehead atoms. The van der Waals surface area contributed by atoms with Crippen molar-refractivity contribution in [2.45, 2.75) is 39.7 Å². The molecule has 0 aromatic heterocycles. The number of anilines is 1. The van der Waals surface area contributed by atoms with Crippen LogP contribution in [0, 0.1) is 13.8 Å². The number of esters is 1. The highest BCUT2D eigenvalue weighted by Gasteiger charge is 2.20. The number of ketones is 1. The Morgan fingerprint density at radius 2 is 1.73 bits per heavy atom. The quantitative estimate of drug-likeness (QED) is 0.553. The first-order chi connectivity index (χ1) is 14.3. The summed E-state index contributed by atoms with van der Waals surface area (Å²) in [5, 5.41) is 2.68.